The van der Waals surface area contributed by atoms with Crippen molar-refractivity contribution < 1.29 is 42.1 Å². The lowest BCUT2D eigenvalue weighted by molar-refractivity contribution is -0.870. The van der Waals surface area contributed by atoms with Crippen molar-refractivity contribution in [2.45, 2.75) is 264 Å². The molecule has 0 aliphatic rings. The second kappa shape index (κ2) is 56.6. The molecule has 0 bridgehead atoms. The van der Waals surface area contributed by atoms with Gasteiger partial charge in [-0.15, -0.1) is 0 Å². The van der Waals surface area contributed by atoms with E-state index in [2.05, 4.69) is 111 Å². The minimum atomic E-state index is -4.40. The van der Waals surface area contributed by atoms with Crippen LogP contribution in [0.3, 0.4) is 0 Å². The maximum absolute atomic E-state index is 12.8. The van der Waals surface area contributed by atoms with Crippen LogP contribution < -0.4 is 0 Å². The predicted octanol–water partition coefficient (Wildman–Crippen LogP) is 19.6. The topological polar surface area (TPSA) is 108 Å². The van der Waals surface area contributed by atoms with Crippen LogP contribution in [0.1, 0.15) is 258 Å². The highest BCUT2D eigenvalue weighted by molar-refractivity contribution is 7.47. The first-order valence-corrected chi connectivity index (χ1v) is 32.5. The van der Waals surface area contributed by atoms with E-state index in [1.54, 1.807) is 0 Å². The van der Waals surface area contributed by atoms with Crippen LogP contribution >= 0.6 is 7.82 Å². The molecule has 0 heterocycles. The van der Waals surface area contributed by atoms with E-state index in [-0.39, 0.29) is 32.0 Å². The summed E-state index contributed by atoms with van der Waals surface area (Å²) in [6.07, 6.45) is 77.6. The van der Waals surface area contributed by atoms with E-state index in [1.165, 1.54) is 122 Å². The maximum atomic E-state index is 12.8. The van der Waals surface area contributed by atoms with Gasteiger partial charge in [-0.2, -0.15) is 0 Å². The number of allylic oxidation sites excluding steroid dienone is 16. The molecule has 438 valence electrons. The van der Waals surface area contributed by atoms with Gasteiger partial charge in [0.05, 0.1) is 27.7 Å². The van der Waals surface area contributed by atoms with Crippen molar-refractivity contribution in [1.29, 1.82) is 0 Å². The molecule has 9 nitrogen and oxygen atoms in total. The van der Waals surface area contributed by atoms with Crippen molar-refractivity contribution in [3.8, 4) is 0 Å². The van der Waals surface area contributed by atoms with Gasteiger partial charge in [0.25, 0.3) is 0 Å². The van der Waals surface area contributed by atoms with E-state index in [1.807, 2.05) is 21.1 Å². The van der Waals surface area contributed by atoms with Gasteiger partial charge in [-0.1, -0.05) is 246 Å². The normalized spacial score (nSPS) is 13.9. The predicted molar refractivity (Wildman–Crippen MR) is 325 cm³/mol. The molecule has 0 radical (unpaired) electrons. The summed E-state index contributed by atoms with van der Waals surface area (Å²) in [5.74, 6) is -0.814. The van der Waals surface area contributed by atoms with E-state index in [4.69, 9.17) is 18.5 Å². The molecule has 0 saturated carbocycles. The minimum Gasteiger partial charge on any atom is -0.462 e. The van der Waals surface area contributed by atoms with Crippen LogP contribution in [0.2, 0.25) is 0 Å². The summed E-state index contributed by atoms with van der Waals surface area (Å²) in [5.41, 5.74) is 0. The third-order valence-electron chi connectivity index (χ3n) is 13.1. The molecule has 0 aliphatic carbocycles. The smallest absolute Gasteiger partial charge is 0.462 e. The number of phosphoric ester groups is 1. The third-order valence-corrected chi connectivity index (χ3v) is 14.1. The zero-order valence-corrected chi connectivity index (χ0v) is 50.6. The molecule has 0 saturated heterocycles. The van der Waals surface area contributed by atoms with Gasteiger partial charge in [0.2, 0.25) is 0 Å². The van der Waals surface area contributed by atoms with E-state index in [0.717, 1.165) is 103 Å². The fourth-order valence-electron chi connectivity index (χ4n) is 8.34. The zero-order chi connectivity index (χ0) is 55.6. The van der Waals surface area contributed by atoms with Gasteiger partial charge in [0.15, 0.2) is 6.10 Å². The van der Waals surface area contributed by atoms with Crippen molar-refractivity contribution in [2.24, 2.45) is 0 Å². The zero-order valence-electron chi connectivity index (χ0n) is 49.7. The summed E-state index contributed by atoms with van der Waals surface area (Å²) < 4.78 is 34.6. The van der Waals surface area contributed by atoms with Gasteiger partial charge in [-0.25, -0.2) is 4.57 Å². The number of carbonyl (C=O) groups is 2. The summed E-state index contributed by atoms with van der Waals surface area (Å²) in [4.78, 5) is 35.8. The Morgan fingerprint density at radius 1 is 0.421 bits per heavy atom. The first-order chi connectivity index (χ1) is 37.0. The van der Waals surface area contributed by atoms with Crippen LogP contribution in [0.4, 0.5) is 0 Å². The quantitative estimate of drug-likeness (QED) is 0.0211. The van der Waals surface area contributed by atoms with Crippen molar-refractivity contribution in [3.63, 3.8) is 0 Å². The lowest BCUT2D eigenvalue weighted by atomic mass is 10.0. The Hall–Kier alpha value is -3.07. The van der Waals surface area contributed by atoms with Gasteiger partial charge in [-0.3, -0.25) is 18.6 Å². The number of nitrogens with zero attached hydrogens (tertiary/aromatic N) is 1. The van der Waals surface area contributed by atoms with Crippen LogP contribution in [0, 0.1) is 0 Å². The number of quaternary nitrogens is 1. The van der Waals surface area contributed by atoms with E-state index >= 15 is 0 Å². The Labute approximate surface area is 468 Å². The highest BCUT2D eigenvalue weighted by Crippen LogP contribution is 2.43. The van der Waals surface area contributed by atoms with Crippen LogP contribution in [0.5, 0.6) is 0 Å². The van der Waals surface area contributed by atoms with E-state index in [0.29, 0.717) is 17.4 Å². The maximum Gasteiger partial charge on any atom is 0.472 e. The number of phosphoric acid groups is 1. The number of carbonyl (C=O) groups excluding carboxylic acids is 2. The molecule has 0 fully saturated rings. The summed E-state index contributed by atoms with van der Waals surface area (Å²) >= 11 is 0. The molecule has 0 aromatic rings. The fraction of sp³-hybridized carbons (Fsp3) is 0.727. The molecule has 0 aromatic carbocycles. The molecule has 0 rings (SSSR count). The number of hydrogen-bond acceptors (Lipinski definition) is 7. The Bertz CT molecular complexity index is 1600. The average Bonchev–Trinajstić information content (AvgIpc) is 3.38. The Balaban J connectivity index is 4.17. The highest BCUT2D eigenvalue weighted by atomic mass is 31.2. The molecular formula is C66H117NO8P+. The molecule has 10 heteroatoms. The lowest BCUT2D eigenvalue weighted by Gasteiger charge is -2.24. The van der Waals surface area contributed by atoms with E-state index in [9.17, 15) is 19.0 Å². The first-order valence-electron chi connectivity index (χ1n) is 31.0. The molecule has 0 spiro atoms. The van der Waals surface area contributed by atoms with Gasteiger partial charge in [-0.05, 0) is 96.3 Å². The van der Waals surface area contributed by atoms with Crippen LogP contribution in [0.15, 0.2) is 97.2 Å². The Morgan fingerprint density at radius 2 is 0.750 bits per heavy atom. The number of rotatable bonds is 56. The standard InChI is InChI=1S/C66H116NO8P/c1-6-8-10-12-14-16-18-20-22-24-26-28-30-32-33-35-36-38-40-42-44-46-48-50-52-54-56-58-65(68)72-62-64(63-74-76(70,71)73-61-60-67(3,4)5)75-66(69)59-57-55-53-51-49-47-45-43-41-39-37-34-31-29-27-25-23-21-19-17-15-13-11-9-7-2/h9,11,15,17-18,20-21,23-24,26-27,29,34,37,41,43,64H,6-8,10,12-14,16,19,22,25,28,30-33,35-36,38-40,42,44-63H2,1-5H3/p+1/b11-9-,17-15-,20-18-,23-21-,26-24-,29-27-,37-34-,43-41-. The Morgan fingerprint density at radius 3 is 1.12 bits per heavy atom. The number of unbranched alkanes of at least 4 members (excludes halogenated alkanes) is 26. The molecule has 0 aliphatic heterocycles. The monoisotopic (exact) mass is 1080 g/mol. The number of esters is 2. The molecule has 2 atom stereocenters. The van der Waals surface area contributed by atoms with Crippen molar-refractivity contribution in [1.82, 2.24) is 0 Å². The second-order valence-corrected chi connectivity index (χ2v) is 23.2. The molecule has 0 aromatic heterocycles. The summed E-state index contributed by atoms with van der Waals surface area (Å²) in [5, 5.41) is 0. The highest BCUT2D eigenvalue weighted by Gasteiger charge is 2.27. The van der Waals surface area contributed by atoms with Crippen LogP contribution in [-0.2, 0) is 32.7 Å². The molecule has 1 N–H and O–H groups in total. The Kier molecular flexibility index (Phi) is 54.4. The van der Waals surface area contributed by atoms with E-state index < -0.39 is 26.5 Å². The number of likely N-dealkylation sites (N-methyl/N-ethyl adjacent to an activating group) is 1. The SMILES string of the molecule is CC/C=C\C/C=C\C/C=C\C/C=C\C/C=C\C/C=C\CCCCCCCCC(=O)OC(COC(=O)CCCCCCCCCCCCCCCCC/C=C\C/C=C\CCCCCCC)COP(=O)(O)OCC[N+](C)(C)C. The van der Waals surface area contributed by atoms with Crippen LogP contribution in [-0.4, -0.2) is 74.9 Å². The number of ether oxygens (including phenoxy) is 2. The molecule has 76 heavy (non-hydrogen) atoms. The molecule has 2 unspecified atom stereocenters. The molecular weight excluding hydrogens is 966 g/mol. The van der Waals surface area contributed by atoms with Gasteiger partial charge >= 0.3 is 19.8 Å². The van der Waals surface area contributed by atoms with Crippen molar-refractivity contribution >= 4 is 19.8 Å². The summed E-state index contributed by atoms with van der Waals surface area (Å²) in [6.45, 7) is 4.30. The first kappa shape index (κ1) is 72.9. The lowest BCUT2D eigenvalue weighted by Crippen LogP contribution is -2.37. The van der Waals surface area contributed by atoms with Crippen LogP contribution in [0.25, 0.3) is 0 Å². The number of hydrogen-bond donors (Lipinski definition) is 1. The van der Waals surface area contributed by atoms with Gasteiger partial charge in [0.1, 0.15) is 19.8 Å². The summed E-state index contributed by atoms with van der Waals surface area (Å²) in [6, 6.07) is 0. The largest absolute Gasteiger partial charge is 0.472 e. The van der Waals surface area contributed by atoms with Crippen molar-refractivity contribution in [2.75, 3.05) is 47.5 Å². The molecule has 0 amide bonds. The second-order valence-electron chi connectivity index (χ2n) is 21.7. The summed E-state index contributed by atoms with van der Waals surface area (Å²) in [7, 11) is 1.46. The van der Waals surface area contributed by atoms with Crippen molar-refractivity contribution in [3.05, 3.63) is 97.2 Å². The average molecular weight is 1080 g/mol. The fourth-order valence-corrected chi connectivity index (χ4v) is 9.09. The van der Waals surface area contributed by atoms with Gasteiger partial charge < -0.3 is 18.9 Å². The van der Waals surface area contributed by atoms with Gasteiger partial charge in [0, 0.05) is 12.8 Å². The third kappa shape index (κ3) is 60.2. The minimum absolute atomic E-state index is 0.0243.